The molecule has 12 aromatic carbocycles. The smallest absolute Gasteiger partial charge is 0.0541 e. The number of benzene rings is 12. The van der Waals surface area contributed by atoms with Gasteiger partial charge < -0.3 is 9.13 Å². The van der Waals surface area contributed by atoms with Crippen LogP contribution in [0, 0.1) is 6.92 Å². The van der Waals surface area contributed by atoms with Gasteiger partial charge >= 0.3 is 0 Å². The van der Waals surface area contributed by atoms with Gasteiger partial charge in [0.2, 0.25) is 0 Å². The molecule has 0 atom stereocenters. The van der Waals surface area contributed by atoms with Gasteiger partial charge in [-0.1, -0.05) is 209 Å². The molecule has 0 aliphatic heterocycles. The summed E-state index contributed by atoms with van der Waals surface area (Å²) in [6, 6.07) is 71.5. The minimum atomic E-state index is 1.07. The van der Waals surface area contributed by atoms with Crippen LogP contribution in [0.4, 0.5) is 0 Å². The number of aromatic nitrogens is 2. The third-order valence-corrected chi connectivity index (χ3v) is 16.4. The first-order valence-corrected chi connectivity index (χ1v) is 26.3. The van der Waals surface area contributed by atoms with Gasteiger partial charge in [0, 0.05) is 33.2 Å². The van der Waals surface area contributed by atoms with Crippen LogP contribution in [-0.2, 0) is 0 Å². The molecule has 0 fully saturated rings. The van der Waals surface area contributed by atoms with E-state index in [4.69, 9.17) is 0 Å². The van der Waals surface area contributed by atoms with Crippen molar-refractivity contribution in [2.75, 3.05) is 0 Å². The molecule has 77 heavy (non-hydrogen) atoms. The molecule has 14 aromatic rings. The number of rotatable bonds is 10. The fourth-order valence-electron chi connectivity index (χ4n) is 13.0. The molecular formula is C75H52N2. The molecule has 0 bridgehead atoms. The Bertz CT molecular complexity index is 4900. The summed E-state index contributed by atoms with van der Waals surface area (Å²) in [5.41, 5.74) is 17.0. The second kappa shape index (κ2) is 17.8. The predicted octanol–water partition coefficient (Wildman–Crippen LogP) is 21.1. The van der Waals surface area contributed by atoms with E-state index in [-0.39, 0.29) is 0 Å². The molecule has 0 saturated carbocycles. The first-order chi connectivity index (χ1) is 37.9. The van der Waals surface area contributed by atoms with E-state index in [0.717, 1.165) is 77.5 Å². The molecular weight excluding hydrogens is 929 g/mol. The highest BCUT2D eigenvalue weighted by molar-refractivity contribution is 6.29. The Labute approximate surface area is 447 Å². The maximum absolute atomic E-state index is 4.43. The molecule has 14 rings (SSSR count). The van der Waals surface area contributed by atoms with Crippen LogP contribution in [-0.4, -0.2) is 9.13 Å². The second-order valence-electron chi connectivity index (χ2n) is 20.1. The number of hydrogen-bond donors (Lipinski definition) is 0. The third-order valence-electron chi connectivity index (χ3n) is 16.4. The lowest BCUT2D eigenvalue weighted by molar-refractivity contribution is 1.10. The number of fused-ring (bicyclic) bond motifs is 14. The van der Waals surface area contributed by atoms with E-state index in [1.54, 1.807) is 0 Å². The van der Waals surface area contributed by atoms with E-state index in [1.807, 2.05) is 36.5 Å². The van der Waals surface area contributed by atoms with E-state index < -0.39 is 0 Å². The van der Waals surface area contributed by atoms with Crippen molar-refractivity contribution in [3.63, 3.8) is 0 Å². The molecule has 0 aliphatic rings. The van der Waals surface area contributed by atoms with Gasteiger partial charge in [0.05, 0.1) is 16.6 Å². The maximum atomic E-state index is 4.43. The lowest BCUT2D eigenvalue weighted by Crippen LogP contribution is -1.99. The summed E-state index contributed by atoms with van der Waals surface area (Å²) in [7, 11) is 0. The first-order valence-electron chi connectivity index (χ1n) is 26.3. The van der Waals surface area contributed by atoms with Crippen molar-refractivity contribution in [3.8, 4) is 33.6 Å². The Balaban J connectivity index is 0.929. The van der Waals surface area contributed by atoms with Crippen LogP contribution in [0.15, 0.2) is 239 Å². The van der Waals surface area contributed by atoms with Gasteiger partial charge in [0.25, 0.3) is 0 Å². The van der Waals surface area contributed by atoms with Gasteiger partial charge in [-0.3, -0.25) is 0 Å². The van der Waals surface area contributed by atoms with Gasteiger partial charge in [0.1, 0.15) is 0 Å². The van der Waals surface area contributed by atoms with Gasteiger partial charge in [-0.25, -0.2) is 0 Å². The first kappa shape index (κ1) is 45.6. The highest BCUT2D eigenvalue weighted by atomic mass is 15.0. The summed E-state index contributed by atoms with van der Waals surface area (Å²) in [6.45, 7) is 23.9. The van der Waals surface area contributed by atoms with Crippen molar-refractivity contribution < 1.29 is 0 Å². The van der Waals surface area contributed by atoms with Crippen LogP contribution in [0.1, 0.15) is 33.5 Å². The monoisotopic (exact) mass is 980 g/mol. The number of nitrogens with zero attached hydrogens (tertiary/aromatic N) is 2. The van der Waals surface area contributed by atoms with Crippen molar-refractivity contribution in [1.82, 2.24) is 9.13 Å². The Hall–Kier alpha value is -10.0. The molecule has 0 saturated heterocycles. The maximum Gasteiger partial charge on any atom is 0.0541 e. The zero-order valence-corrected chi connectivity index (χ0v) is 42.9. The van der Waals surface area contributed by atoms with Crippen molar-refractivity contribution in [3.05, 3.63) is 273 Å². The molecule has 0 amide bonds. The van der Waals surface area contributed by atoms with Crippen molar-refractivity contribution in [2.45, 2.75) is 6.92 Å². The Morgan fingerprint density at radius 1 is 0.325 bits per heavy atom. The van der Waals surface area contributed by atoms with Crippen LogP contribution >= 0.6 is 0 Å². The molecule has 362 valence electrons. The Morgan fingerprint density at radius 3 is 1.13 bits per heavy atom. The van der Waals surface area contributed by atoms with Gasteiger partial charge in [-0.05, 0) is 182 Å². The molecule has 0 unspecified atom stereocenters. The van der Waals surface area contributed by atoms with Crippen LogP contribution in [0.2, 0.25) is 0 Å². The van der Waals surface area contributed by atoms with Crippen LogP contribution < -0.4 is 0 Å². The van der Waals surface area contributed by atoms with E-state index >= 15 is 0 Å². The SMILES string of the molecule is C=C/C=C\c1c(C)c2ccccc2n1-c1ccc2c(c1)c(C=C)c(C=C)c1cc(-c3ccc(-c4cc5c(C=C)c(C=C)c6cc(-n7c8ccccc8c8ccccc87)ccc6c5c5ccccc45)cc3)c3ccccc3c12. The summed E-state index contributed by atoms with van der Waals surface area (Å²) >= 11 is 0. The average Bonchev–Trinajstić information content (AvgIpc) is 4.09. The van der Waals surface area contributed by atoms with Crippen molar-refractivity contribution >= 4 is 128 Å². The van der Waals surface area contributed by atoms with E-state index in [2.05, 4.69) is 249 Å². The van der Waals surface area contributed by atoms with Crippen molar-refractivity contribution in [2.24, 2.45) is 0 Å². The van der Waals surface area contributed by atoms with Crippen LogP contribution in [0.5, 0.6) is 0 Å². The topological polar surface area (TPSA) is 9.86 Å². The summed E-state index contributed by atoms with van der Waals surface area (Å²) in [4.78, 5) is 0. The molecule has 2 heteroatoms. The van der Waals surface area contributed by atoms with Crippen molar-refractivity contribution in [1.29, 1.82) is 0 Å². The summed E-state index contributed by atoms with van der Waals surface area (Å²) in [5.74, 6) is 0. The lowest BCUT2D eigenvalue weighted by atomic mass is 9.84. The largest absolute Gasteiger partial charge is 0.310 e. The number of para-hydroxylation sites is 3. The minimum absolute atomic E-state index is 1.07. The lowest BCUT2D eigenvalue weighted by Gasteiger charge is -2.20. The zero-order valence-electron chi connectivity index (χ0n) is 42.9. The summed E-state index contributed by atoms with van der Waals surface area (Å²) in [5, 5.41) is 17.9. The molecule has 0 spiro atoms. The molecule has 0 aliphatic carbocycles. The second-order valence-corrected chi connectivity index (χ2v) is 20.1. The number of allylic oxidation sites excluding steroid dienone is 2. The number of hydrogen-bond acceptors (Lipinski definition) is 0. The Morgan fingerprint density at radius 2 is 0.688 bits per heavy atom. The molecule has 0 radical (unpaired) electrons. The summed E-state index contributed by atoms with van der Waals surface area (Å²) < 4.78 is 4.75. The highest BCUT2D eigenvalue weighted by Gasteiger charge is 2.22. The minimum Gasteiger partial charge on any atom is -0.310 e. The Kier molecular flexibility index (Phi) is 10.6. The normalized spacial score (nSPS) is 11.9. The van der Waals surface area contributed by atoms with E-state index in [0.29, 0.717) is 0 Å². The predicted molar refractivity (Wildman–Crippen MR) is 338 cm³/mol. The zero-order chi connectivity index (χ0) is 52.1. The third kappa shape index (κ3) is 6.69. The van der Waals surface area contributed by atoms with Crippen LogP contribution in [0.25, 0.3) is 161 Å². The van der Waals surface area contributed by atoms with Gasteiger partial charge in [0.15, 0.2) is 0 Å². The fourth-order valence-corrected chi connectivity index (χ4v) is 13.0. The molecule has 2 aromatic heterocycles. The van der Waals surface area contributed by atoms with E-state index in [1.165, 1.54) is 87.0 Å². The van der Waals surface area contributed by atoms with Gasteiger partial charge in [-0.2, -0.15) is 0 Å². The highest BCUT2D eigenvalue weighted by Crippen LogP contribution is 2.47. The summed E-state index contributed by atoms with van der Waals surface area (Å²) in [6.07, 6.45) is 14.0. The fraction of sp³-hybridized carbons (Fsp3) is 0.0133. The molecule has 0 N–H and O–H groups in total. The molecule has 2 heterocycles. The van der Waals surface area contributed by atoms with E-state index in [9.17, 15) is 0 Å². The van der Waals surface area contributed by atoms with Gasteiger partial charge in [-0.15, -0.1) is 0 Å². The average molecular weight is 981 g/mol. The van der Waals surface area contributed by atoms with Crippen LogP contribution in [0.3, 0.4) is 0 Å². The molecule has 2 nitrogen and oxygen atoms in total. The number of aryl methyl sites for hydroxylation is 1. The quantitative estimate of drug-likeness (QED) is 0.0955. The standard InChI is InChI=1S/C75H52N2/c1-7-12-30-70-46(6)55-23-17-20-31-71(55)76(70)49-38-40-62-66(42-49)51(8-2)53(10-4)68-44-64(56-24-13-15-28-60(56)74(62)68)47-34-36-48(37-35-47)65-45-69-54(11-5)52(9-3)67-43-50(39-41-63(67)75(69)61-29-16-14-25-57(61)65)77-72-32-21-18-26-58(72)59-27-19-22-33-73(59)77/h7-45H,1-5H2,6H3/b30-12-.